The maximum absolute atomic E-state index is 12.1. The second kappa shape index (κ2) is 10.1. The number of benzene rings is 2. The van der Waals surface area contributed by atoms with Crippen LogP contribution in [-0.2, 0) is 19.6 Å². The molecular weight excluding hydrogens is 372 g/mol. The van der Waals surface area contributed by atoms with Crippen LogP contribution in [0.25, 0.3) is 0 Å². The van der Waals surface area contributed by atoms with Crippen molar-refractivity contribution in [1.29, 1.82) is 0 Å². The van der Waals surface area contributed by atoms with Crippen molar-refractivity contribution in [3.8, 4) is 0 Å². The topological polar surface area (TPSA) is 45.5 Å². The lowest BCUT2D eigenvalue weighted by Crippen LogP contribution is -2.23. The number of carbonyl (C=O) groups excluding carboxylic acids is 1. The van der Waals surface area contributed by atoms with Gasteiger partial charge in [-0.1, -0.05) is 61.0 Å². The van der Waals surface area contributed by atoms with E-state index < -0.39 is 0 Å². The number of rotatable bonds is 9. The molecule has 1 amide bonds. The van der Waals surface area contributed by atoms with Crippen LogP contribution in [0.1, 0.15) is 40.8 Å². The number of hydrogen-bond donors (Lipinski definition) is 1. The molecule has 0 radical (unpaired) electrons. The Morgan fingerprint density at radius 2 is 1.61 bits per heavy atom. The van der Waals surface area contributed by atoms with Crippen molar-refractivity contribution in [2.75, 3.05) is 6.54 Å². The zero-order chi connectivity index (χ0) is 19.8. The molecular formula is C23H25ClN2O2. The number of amides is 1. The van der Waals surface area contributed by atoms with Gasteiger partial charge in [0.15, 0.2) is 5.76 Å². The third-order valence-corrected chi connectivity index (χ3v) is 4.62. The summed E-state index contributed by atoms with van der Waals surface area (Å²) in [5.41, 5.74) is 2.40. The second-order valence-electron chi connectivity index (χ2n) is 6.78. The highest BCUT2D eigenvalue weighted by Gasteiger charge is 2.14. The van der Waals surface area contributed by atoms with E-state index in [0.29, 0.717) is 18.8 Å². The van der Waals surface area contributed by atoms with Gasteiger partial charge in [-0.3, -0.25) is 9.69 Å². The summed E-state index contributed by atoms with van der Waals surface area (Å²) in [6, 6.07) is 21.8. The predicted molar refractivity (Wildman–Crippen MR) is 112 cm³/mol. The fourth-order valence-corrected chi connectivity index (χ4v) is 3.11. The van der Waals surface area contributed by atoms with Gasteiger partial charge in [-0.25, -0.2) is 0 Å². The maximum atomic E-state index is 12.1. The SMILES string of the molecule is CCCNC(=O)c1ccc(CN(Cc2ccccc2)Cc2ccc(Cl)cc2)o1. The third-order valence-electron chi connectivity index (χ3n) is 4.37. The van der Waals surface area contributed by atoms with Crippen molar-refractivity contribution in [3.05, 3.63) is 94.4 Å². The van der Waals surface area contributed by atoms with Crippen molar-refractivity contribution in [2.24, 2.45) is 0 Å². The highest BCUT2D eigenvalue weighted by atomic mass is 35.5. The first-order chi connectivity index (χ1) is 13.6. The Kier molecular flexibility index (Phi) is 7.29. The number of nitrogens with one attached hydrogen (secondary N) is 1. The summed E-state index contributed by atoms with van der Waals surface area (Å²) in [5, 5.41) is 3.57. The molecule has 1 heterocycles. The van der Waals surface area contributed by atoms with E-state index in [1.54, 1.807) is 6.07 Å². The molecule has 0 spiro atoms. The molecule has 0 aliphatic carbocycles. The molecule has 0 bridgehead atoms. The first kappa shape index (κ1) is 20.2. The first-order valence-electron chi connectivity index (χ1n) is 9.51. The maximum Gasteiger partial charge on any atom is 0.286 e. The Morgan fingerprint density at radius 1 is 0.929 bits per heavy atom. The minimum Gasteiger partial charge on any atom is -0.455 e. The molecule has 0 unspecified atom stereocenters. The third kappa shape index (κ3) is 5.98. The molecule has 4 nitrogen and oxygen atoms in total. The molecule has 1 N–H and O–H groups in total. The number of nitrogens with zero attached hydrogens (tertiary/aromatic N) is 1. The monoisotopic (exact) mass is 396 g/mol. The fourth-order valence-electron chi connectivity index (χ4n) is 2.99. The van der Waals surface area contributed by atoms with Gasteiger partial charge in [-0.2, -0.15) is 0 Å². The lowest BCUT2D eigenvalue weighted by atomic mass is 10.1. The number of carbonyl (C=O) groups is 1. The van der Waals surface area contributed by atoms with E-state index in [0.717, 1.165) is 30.3 Å². The zero-order valence-electron chi connectivity index (χ0n) is 16.0. The van der Waals surface area contributed by atoms with Gasteiger partial charge in [-0.15, -0.1) is 0 Å². The van der Waals surface area contributed by atoms with Gasteiger partial charge in [0.05, 0.1) is 6.54 Å². The molecule has 0 aliphatic heterocycles. The van der Waals surface area contributed by atoms with Crippen LogP contribution in [0, 0.1) is 0 Å². The van der Waals surface area contributed by atoms with E-state index in [4.69, 9.17) is 16.0 Å². The average Bonchev–Trinajstić information content (AvgIpc) is 3.17. The van der Waals surface area contributed by atoms with Crippen molar-refractivity contribution < 1.29 is 9.21 Å². The molecule has 2 aromatic carbocycles. The van der Waals surface area contributed by atoms with E-state index in [1.165, 1.54) is 11.1 Å². The summed E-state index contributed by atoms with van der Waals surface area (Å²) in [5.74, 6) is 0.960. The van der Waals surface area contributed by atoms with Crippen molar-refractivity contribution in [3.63, 3.8) is 0 Å². The molecule has 3 aromatic rings. The minimum atomic E-state index is -0.166. The molecule has 0 saturated heterocycles. The predicted octanol–water partition coefficient (Wildman–Crippen LogP) is 5.28. The molecule has 146 valence electrons. The van der Waals surface area contributed by atoms with Crippen molar-refractivity contribution >= 4 is 17.5 Å². The fraction of sp³-hybridized carbons (Fsp3) is 0.261. The Morgan fingerprint density at radius 3 is 2.29 bits per heavy atom. The van der Waals surface area contributed by atoms with E-state index in [1.807, 2.05) is 55.5 Å². The molecule has 3 rings (SSSR count). The summed E-state index contributed by atoms with van der Waals surface area (Å²) in [7, 11) is 0. The standard InChI is InChI=1S/C23H25ClN2O2/c1-2-14-25-23(27)22-13-12-21(28-22)17-26(15-18-6-4-3-5-7-18)16-19-8-10-20(24)11-9-19/h3-13H,2,14-17H2,1H3,(H,25,27). The van der Waals surface area contributed by atoms with Crippen molar-refractivity contribution in [2.45, 2.75) is 33.0 Å². The smallest absolute Gasteiger partial charge is 0.286 e. The molecule has 5 heteroatoms. The van der Waals surface area contributed by atoms with Crippen LogP contribution in [-0.4, -0.2) is 17.4 Å². The van der Waals surface area contributed by atoms with Crippen LogP contribution in [0.3, 0.4) is 0 Å². The molecule has 0 aliphatic rings. The van der Waals surface area contributed by atoms with E-state index in [-0.39, 0.29) is 5.91 Å². The van der Waals surface area contributed by atoms with Crippen LogP contribution in [0.15, 0.2) is 71.1 Å². The van der Waals surface area contributed by atoms with Gasteiger partial charge >= 0.3 is 0 Å². The van der Waals surface area contributed by atoms with Gasteiger partial charge in [0, 0.05) is 24.7 Å². The zero-order valence-corrected chi connectivity index (χ0v) is 16.8. The van der Waals surface area contributed by atoms with Crippen molar-refractivity contribution in [1.82, 2.24) is 10.2 Å². The Balaban J connectivity index is 1.72. The number of furan rings is 1. The molecule has 0 saturated carbocycles. The lowest BCUT2D eigenvalue weighted by Gasteiger charge is -2.21. The molecule has 28 heavy (non-hydrogen) atoms. The highest BCUT2D eigenvalue weighted by Crippen LogP contribution is 2.17. The summed E-state index contributed by atoms with van der Waals surface area (Å²) in [4.78, 5) is 14.4. The quantitative estimate of drug-likeness (QED) is 0.535. The number of hydrogen-bond acceptors (Lipinski definition) is 3. The van der Waals surface area contributed by atoms with Gasteiger partial charge < -0.3 is 9.73 Å². The molecule has 0 fully saturated rings. The van der Waals surface area contributed by atoms with Crippen LogP contribution in [0.2, 0.25) is 5.02 Å². The first-order valence-corrected chi connectivity index (χ1v) is 9.89. The Hall–Kier alpha value is -2.56. The van der Waals surface area contributed by atoms with E-state index in [2.05, 4.69) is 22.3 Å². The summed E-state index contributed by atoms with van der Waals surface area (Å²) < 4.78 is 5.79. The second-order valence-corrected chi connectivity index (χ2v) is 7.22. The van der Waals surface area contributed by atoms with Crippen LogP contribution >= 0.6 is 11.6 Å². The lowest BCUT2D eigenvalue weighted by molar-refractivity contribution is 0.0921. The van der Waals surface area contributed by atoms with E-state index in [9.17, 15) is 4.79 Å². The molecule has 0 atom stereocenters. The Labute approximate surface area is 171 Å². The summed E-state index contributed by atoms with van der Waals surface area (Å²) in [6.45, 7) is 4.81. The van der Waals surface area contributed by atoms with Crippen LogP contribution in [0.4, 0.5) is 0 Å². The van der Waals surface area contributed by atoms with Gasteiger partial charge in [-0.05, 0) is 41.8 Å². The minimum absolute atomic E-state index is 0.166. The average molecular weight is 397 g/mol. The van der Waals surface area contributed by atoms with Gasteiger partial charge in [0.25, 0.3) is 5.91 Å². The largest absolute Gasteiger partial charge is 0.455 e. The van der Waals surface area contributed by atoms with Crippen LogP contribution < -0.4 is 5.32 Å². The van der Waals surface area contributed by atoms with Gasteiger partial charge in [0.2, 0.25) is 0 Å². The number of halogens is 1. The highest BCUT2D eigenvalue weighted by molar-refractivity contribution is 6.30. The molecule has 1 aromatic heterocycles. The summed E-state index contributed by atoms with van der Waals surface area (Å²) >= 11 is 6.01. The normalized spacial score (nSPS) is 11.0. The van der Waals surface area contributed by atoms with Gasteiger partial charge in [0.1, 0.15) is 5.76 Å². The van der Waals surface area contributed by atoms with Crippen LogP contribution in [0.5, 0.6) is 0 Å². The summed E-state index contributed by atoms with van der Waals surface area (Å²) in [6.07, 6.45) is 0.894. The Bertz CT molecular complexity index is 875. The van der Waals surface area contributed by atoms with E-state index >= 15 is 0 Å².